The lowest BCUT2D eigenvalue weighted by atomic mass is 10.2. The molecule has 6 nitrogen and oxygen atoms in total. The average molecular weight is 285 g/mol. The van der Waals surface area contributed by atoms with E-state index in [0.717, 1.165) is 5.56 Å². The molecule has 0 aliphatic carbocycles. The number of benzene rings is 1. The fraction of sp³-hybridized carbons (Fsp3) is 0.267. The van der Waals surface area contributed by atoms with Crippen molar-refractivity contribution in [2.75, 3.05) is 31.2 Å². The first kappa shape index (κ1) is 13.5. The molecule has 6 heteroatoms. The molecule has 0 radical (unpaired) electrons. The molecule has 3 rings (SSSR count). The summed E-state index contributed by atoms with van der Waals surface area (Å²) in [5, 5.41) is 9.32. The van der Waals surface area contributed by atoms with Crippen LogP contribution in [0.15, 0.2) is 36.5 Å². The number of anilines is 1. The highest BCUT2D eigenvalue weighted by molar-refractivity contribution is 5.93. The Labute approximate surface area is 122 Å². The highest BCUT2D eigenvalue weighted by atomic mass is 16.5. The third kappa shape index (κ3) is 2.85. The second-order valence-corrected chi connectivity index (χ2v) is 4.70. The Morgan fingerprint density at radius 2 is 1.90 bits per heavy atom. The minimum absolute atomic E-state index is 0.122. The van der Waals surface area contributed by atoms with Crippen LogP contribution in [0.2, 0.25) is 0 Å². The van der Waals surface area contributed by atoms with Gasteiger partial charge in [0.1, 0.15) is 11.4 Å². The van der Waals surface area contributed by atoms with Gasteiger partial charge in [0, 0.05) is 24.8 Å². The molecule has 0 unspecified atom stereocenters. The van der Waals surface area contributed by atoms with Crippen molar-refractivity contribution >= 4 is 11.8 Å². The van der Waals surface area contributed by atoms with Crippen LogP contribution in [0.5, 0.6) is 0 Å². The maximum absolute atomic E-state index is 11.4. The molecular weight excluding hydrogens is 270 g/mol. The molecule has 0 saturated carbocycles. The van der Waals surface area contributed by atoms with Crippen LogP contribution >= 0.6 is 0 Å². The molecule has 1 aromatic heterocycles. The van der Waals surface area contributed by atoms with Gasteiger partial charge >= 0.3 is 5.97 Å². The van der Waals surface area contributed by atoms with Gasteiger partial charge in [-0.15, -0.1) is 0 Å². The Morgan fingerprint density at radius 3 is 2.57 bits per heavy atom. The summed E-state index contributed by atoms with van der Waals surface area (Å²) in [5.41, 5.74) is 0.987. The van der Waals surface area contributed by atoms with Crippen LogP contribution in [0.25, 0.3) is 11.4 Å². The van der Waals surface area contributed by atoms with E-state index in [1.165, 1.54) is 6.20 Å². The van der Waals surface area contributed by atoms with Gasteiger partial charge in [0.2, 0.25) is 0 Å². The van der Waals surface area contributed by atoms with Crippen molar-refractivity contribution in [1.29, 1.82) is 0 Å². The number of aromatic nitrogens is 2. The molecule has 0 atom stereocenters. The zero-order valence-electron chi connectivity index (χ0n) is 11.4. The van der Waals surface area contributed by atoms with Crippen molar-refractivity contribution in [2.24, 2.45) is 0 Å². The number of carboxylic acids is 1. The van der Waals surface area contributed by atoms with Gasteiger partial charge < -0.3 is 14.7 Å². The topological polar surface area (TPSA) is 75.5 Å². The van der Waals surface area contributed by atoms with Gasteiger partial charge in [0.05, 0.1) is 13.2 Å². The van der Waals surface area contributed by atoms with Crippen LogP contribution < -0.4 is 4.90 Å². The smallest absolute Gasteiger partial charge is 0.341 e. The molecule has 0 spiro atoms. The molecule has 21 heavy (non-hydrogen) atoms. The Kier molecular flexibility index (Phi) is 3.79. The number of aromatic carboxylic acids is 1. The number of carbonyl (C=O) groups is 1. The molecule has 2 aromatic rings. The van der Waals surface area contributed by atoms with Gasteiger partial charge in [-0.2, -0.15) is 0 Å². The SMILES string of the molecule is O=C(O)c1cnc(-c2ccccc2)nc1N1CCOCC1. The van der Waals surface area contributed by atoms with Crippen LogP contribution in [0.1, 0.15) is 10.4 Å². The van der Waals surface area contributed by atoms with Crippen molar-refractivity contribution in [2.45, 2.75) is 0 Å². The van der Waals surface area contributed by atoms with Crippen molar-refractivity contribution in [3.63, 3.8) is 0 Å². The summed E-state index contributed by atoms with van der Waals surface area (Å²) in [7, 11) is 0. The molecule has 1 aliphatic heterocycles. The third-order valence-electron chi connectivity index (χ3n) is 3.34. The number of carboxylic acid groups (broad SMARTS) is 1. The van der Waals surface area contributed by atoms with Crippen LogP contribution in [0.3, 0.4) is 0 Å². The summed E-state index contributed by atoms with van der Waals surface area (Å²) < 4.78 is 5.30. The zero-order chi connectivity index (χ0) is 14.7. The Morgan fingerprint density at radius 1 is 1.19 bits per heavy atom. The molecular formula is C15H15N3O3. The van der Waals surface area contributed by atoms with Crippen molar-refractivity contribution in [3.8, 4) is 11.4 Å². The number of nitrogens with zero attached hydrogens (tertiary/aromatic N) is 3. The van der Waals surface area contributed by atoms with Crippen molar-refractivity contribution in [3.05, 3.63) is 42.1 Å². The molecule has 1 fully saturated rings. The van der Waals surface area contributed by atoms with Gasteiger partial charge in [-0.05, 0) is 0 Å². The van der Waals surface area contributed by atoms with E-state index >= 15 is 0 Å². The molecule has 108 valence electrons. The van der Waals surface area contributed by atoms with Crippen molar-refractivity contribution in [1.82, 2.24) is 9.97 Å². The van der Waals surface area contributed by atoms with E-state index in [1.807, 2.05) is 35.2 Å². The number of ether oxygens (including phenoxy) is 1. The third-order valence-corrected chi connectivity index (χ3v) is 3.34. The fourth-order valence-corrected chi connectivity index (χ4v) is 2.27. The van der Waals surface area contributed by atoms with Gasteiger partial charge in [0.15, 0.2) is 5.82 Å². The first-order valence-corrected chi connectivity index (χ1v) is 6.74. The lowest BCUT2D eigenvalue weighted by molar-refractivity contribution is 0.0695. The normalized spacial score (nSPS) is 15.0. The van der Waals surface area contributed by atoms with Gasteiger partial charge in [0.25, 0.3) is 0 Å². The molecule has 1 saturated heterocycles. The van der Waals surface area contributed by atoms with Gasteiger partial charge in [-0.1, -0.05) is 30.3 Å². The molecule has 0 amide bonds. The van der Waals surface area contributed by atoms with E-state index in [2.05, 4.69) is 9.97 Å². The molecule has 2 heterocycles. The lowest BCUT2D eigenvalue weighted by Crippen LogP contribution is -2.37. The summed E-state index contributed by atoms with van der Waals surface area (Å²) in [5.74, 6) is -0.0298. The van der Waals surface area contributed by atoms with E-state index in [4.69, 9.17) is 4.74 Å². The van der Waals surface area contributed by atoms with Crippen LogP contribution in [0, 0.1) is 0 Å². The number of hydrogen-bond acceptors (Lipinski definition) is 5. The van der Waals surface area contributed by atoms with E-state index in [9.17, 15) is 9.90 Å². The van der Waals surface area contributed by atoms with E-state index in [1.54, 1.807) is 0 Å². The van der Waals surface area contributed by atoms with Gasteiger partial charge in [-0.3, -0.25) is 0 Å². The fourth-order valence-electron chi connectivity index (χ4n) is 2.27. The maximum Gasteiger partial charge on any atom is 0.341 e. The minimum Gasteiger partial charge on any atom is -0.477 e. The predicted molar refractivity (Wildman–Crippen MR) is 77.5 cm³/mol. The summed E-state index contributed by atoms with van der Waals surface area (Å²) >= 11 is 0. The Hall–Kier alpha value is -2.47. The molecule has 0 bridgehead atoms. The second-order valence-electron chi connectivity index (χ2n) is 4.70. The van der Waals surface area contributed by atoms with E-state index in [-0.39, 0.29) is 5.56 Å². The first-order valence-electron chi connectivity index (χ1n) is 6.74. The largest absolute Gasteiger partial charge is 0.477 e. The summed E-state index contributed by atoms with van der Waals surface area (Å²) in [6.07, 6.45) is 1.38. The highest BCUT2D eigenvalue weighted by Gasteiger charge is 2.21. The van der Waals surface area contributed by atoms with Gasteiger partial charge in [-0.25, -0.2) is 14.8 Å². The summed E-state index contributed by atoms with van der Waals surface area (Å²) in [6.45, 7) is 2.41. The summed E-state index contributed by atoms with van der Waals surface area (Å²) in [6, 6.07) is 9.52. The summed E-state index contributed by atoms with van der Waals surface area (Å²) in [4.78, 5) is 21.9. The van der Waals surface area contributed by atoms with E-state index in [0.29, 0.717) is 37.9 Å². The van der Waals surface area contributed by atoms with Crippen LogP contribution in [-0.4, -0.2) is 47.3 Å². The highest BCUT2D eigenvalue weighted by Crippen LogP contribution is 2.23. The maximum atomic E-state index is 11.4. The van der Waals surface area contributed by atoms with Crippen LogP contribution in [0.4, 0.5) is 5.82 Å². The average Bonchev–Trinajstić information content (AvgIpc) is 2.56. The predicted octanol–water partition coefficient (Wildman–Crippen LogP) is 1.68. The Balaban J connectivity index is 2.03. The Bertz CT molecular complexity index is 640. The second kappa shape index (κ2) is 5.88. The van der Waals surface area contributed by atoms with Crippen LogP contribution in [-0.2, 0) is 4.74 Å². The monoisotopic (exact) mass is 285 g/mol. The zero-order valence-corrected chi connectivity index (χ0v) is 11.4. The molecule has 1 aromatic carbocycles. The molecule has 1 N–H and O–H groups in total. The number of morpholine rings is 1. The quantitative estimate of drug-likeness (QED) is 0.924. The lowest BCUT2D eigenvalue weighted by Gasteiger charge is -2.28. The minimum atomic E-state index is -1.02. The standard InChI is InChI=1S/C15H15N3O3/c19-15(20)12-10-16-13(11-4-2-1-3-5-11)17-14(12)18-6-8-21-9-7-18/h1-5,10H,6-9H2,(H,19,20). The molecule has 1 aliphatic rings. The van der Waals surface area contributed by atoms with Crippen molar-refractivity contribution < 1.29 is 14.6 Å². The number of hydrogen-bond donors (Lipinski definition) is 1. The first-order chi connectivity index (χ1) is 10.3. The number of rotatable bonds is 3. The van der Waals surface area contributed by atoms with E-state index < -0.39 is 5.97 Å².